The Kier molecular flexibility index (Phi) is 4.81. The van der Waals surface area contributed by atoms with Crippen molar-refractivity contribution in [1.29, 1.82) is 0 Å². The van der Waals surface area contributed by atoms with Gasteiger partial charge in [0, 0.05) is 60.2 Å². The Morgan fingerprint density at radius 1 is 0.964 bits per heavy atom. The zero-order valence-electron chi connectivity index (χ0n) is 15.8. The molecular weight excluding hydrogens is 366 g/mol. The number of thiophene rings is 1. The summed E-state index contributed by atoms with van der Waals surface area (Å²) in [6.45, 7) is 5.08. The molecule has 28 heavy (non-hydrogen) atoms. The largest absolute Gasteiger partial charge is 0.388 e. The molecule has 2 N–H and O–H groups in total. The first-order valence-electron chi connectivity index (χ1n) is 9.97. The highest BCUT2D eigenvalue weighted by Gasteiger charge is 2.20. The van der Waals surface area contributed by atoms with E-state index in [1.165, 1.54) is 26.7 Å². The predicted molar refractivity (Wildman–Crippen MR) is 118 cm³/mol. The molecule has 0 aliphatic carbocycles. The van der Waals surface area contributed by atoms with E-state index in [1.54, 1.807) is 11.3 Å². The van der Waals surface area contributed by atoms with Crippen LogP contribution in [-0.4, -0.2) is 47.7 Å². The molecule has 4 nitrogen and oxygen atoms in total. The molecule has 1 fully saturated rings. The van der Waals surface area contributed by atoms with Crippen molar-refractivity contribution in [2.45, 2.75) is 12.5 Å². The van der Waals surface area contributed by atoms with Gasteiger partial charge in [0.2, 0.25) is 0 Å². The van der Waals surface area contributed by atoms with Gasteiger partial charge in [0.05, 0.1) is 6.10 Å². The molecule has 1 aliphatic heterocycles. The fourth-order valence-corrected chi connectivity index (χ4v) is 5.28. The maximum Gasteiger partial charge on any atom is 0.0816 e. The summed E-state index contributed by atoms with van der Waals surface area (Å²) in [7, 11) is 0. The molecule has 5 rings (SSSR count). The average molecular weight is 392 g/mol. The van der Waals surface area contributed by atoms with Gasteiger partial charge in [-0.1, -0.05) is 24.3 Å². The van der Waals surface area contributed by atoms with Crippen molar-refractivity contribution in [1.82, 2.24) is 9.88 Å². The van der Waals surface area contributed by atoms with E-state index in [4.69, 9.17) is 0 Å². The van der Waals surface area contributed by atoms with E-state index in [-0.39, 0.29) is 6.10 Å². The monoisotopic (exact) mass is 391 g/mol. The molecule has 0 saturated carbocycles. The smallest absolute Gasteiger partial charge is 0.0816 e. The Bertz CT molecular complexity index is 1080. The van der Waals surface area contributed by atoms with Gasteiger partial charge in [-0.15, -0.1) is 11.3 Å². The topological polar surface area (TPSA) is 42.5 Å². The normalized spacial score (nSPS) is 16.8. The third-order valence-corrected chi connectivity index (χ3v) is 6.86. The Morgan fingerprint density at radius 2 is 1.82 bits per heavy atom. The number of aromatic nitrogens is 1. The first-order chi connectivity index (χ1) is 13.8. The minimum absolute atomic E-state index is 0.386. The quantitative estimate of drug-likeness (QED) is 0.521. The van der Waals surface area contributed by atoms with Gasteiger partial charge in [0.15, 0.2) is 0 Å². The number of H-pyrrole nitrogens is 1. The summed E-state index contributed by atoms with van der Waals surface area (Å²) in [5.74, 6) is 0. The van der Waals surface area contributed by atoms with Gasteiger partial charge >= 0.3 is 0 Å². The molecule has 0 radical (unpaired) electrons. The molecule has 4 aromatic rings. The predicted octanol–water partition coefficient (Wildman–Crippen LogP) is 4.63. The first-order valence-corrected chi connectivity index (χ1v) is 10.9. The van der Waals surface area contributed by atoms with Gasteiger partial charge in [-0.3, -0.25) is 4.90 Å². The number of aliphatic hydroxyl groups is 1. The van der Waals surface area contributed by atoms with Crippen LogP contribution in [0.25, 0.3) is 21.0 Å². The molecule has 1 aliphatic rings. The molecule has 1 atom stereocenters. The lowest BCUT2D eigenvalue weighted by molar-refractivity contribution is 0.141. The Balaban J connectivity index is 1.19. The van der Waals surface area contributed by atoms with Crippen LogP contribution in [0, 0.1) is 0 Å². The summed E-state index contributed by atoms with van der Waals surface area (Å²) in [5, 5.41) is 15.3. The van der Waals surface area contributed by atoms with Gasteiger partial charge in [0.25, 0.3) is 0 Å². The molecule has 0 bridgehead atoms. The van der Waals surface area contributed by atoms with Crippen LogP contribution in [0.3, 0.4) is 0 Å². The summed E-state index contributed by atoms with van der Waals surface area (Å²) in [5.41, 5.74) is 3.60. The van der Waals surface area contributed by atoms with Gasteiger partial charge in [-0.05, 0) is 47.0 Å². The van der Waals surface area contributed by atoms with Crippen LogP contribution < -0.4 is 4.90 Å². The number of nitrogens with zero attached hydrogens (tertiary/aromatic N) is 2. The summed E-state index contributed by atoms with van der Waals surface area (Å²) in [6.07, 6.45) is 2.41. The van der Waals surface area contributed by atoms with Crippen molar-refractivity contribution in [2.24, 2.45) is 0 Å². The van der Waals surface area contributed by atoms with Gasteiger partial charge in [0.1, 0.15) is 0 Å². The lowest BCUT2D eigenvalue weighted by Gasteiger charge is -2.36. The fraction of sp³-hybridized carbons (Fsp3) is 0.304. The highest BCUT2D eigenvalue weighted by Crippen LogP contribution is 2.32. The van der Waals surface area contributed by atoms with Crippen molar-refractivity contribution < 1.29 is 5.11 Å². The van der Waals surface area contributed by atoms with E-state index in [0.717, 1.165) is 44.7 Å². The zero-order valence-corrected chi connectivity index (χ0v) is 16.7. The zero-order chi connectivity index (χ0) is 18.9. The lowest BCUT2D eigenvalue weighted by Crippen LogP contribution is -2.46. The molecule has 1 saturated heterocycles. The molecule has 5 heteroatoms. The minimum Gasteiger partial charge on any atom is -0.388 e. The fourth-order valence-electron chi connectivity index (χ4n) is 4.27. The van der Waals surface area contributed by atoms with Crippen LogP contribution >= 0.6 is 11.3 Å². The molecular formula is C23H25N3OS. The molecule has 144 valence electrons. The number of benzene rings is 2. The second-order valence-corrected chi connectivity index (χ2v) is 8.45. The van der Waals surface area contributed by atoms with Crippen molar-refractivity contribution in [3.8, 4) is 0 Å². The van der Waals surface area contributed by atoms with Crippen LogP contribution in [0.15, 0.2) is 60.1 Å². The summed E-state index contributed by atoms with van der Waals surface area (Å²) in [6, 6.07) is 17.0. The van der Waals surface area contributed by atoms with Crippen molar-refractivity contribution in [3.63, 3.8) is 0 Å². The number of nitrogens with one attached hydrogen (secondary N) is 1. The lowest BCUT2D eigenvalue weighted by atomic mass is 10.1. The maximum absolute atomic E-state index is 10.7. The highest BCUT2D eigenvalue weighted by molar-refractivity contribution is 7.17. The van der Waals surface area contributed by atoms with E-state index in [0.29, 0.717) is 0 Å². The summed E-state index contributed by atoms with van der Waals surface area (Å²) >= 11 is 1.72. The number of hydrogen-bond acceptors (Lipinski definition) is 4. The third-order valence-electron chi connectivity index (χ3n) is 5.87. The Morgan fingerprint density at radius 3 is 2.71 bits per heavy atom. The number of fused-ring (bicyclic) bond motifs is 2. The molecule has 2 aromatic carbocycles. The van der Waals surface area contributed by atoms with E-state index in [1.807, 2.05) is 6.20 Å². The second-order valence-electron chi connectivity index (χ2n) is 7.54. The van der Waals surface area contributed by atoms with Crippen molar-refractivity contribution >= 4 is 38.0 Å². The first kappa shape index (κ1) is 17.7. The molecule has 0 amide bonds. The standard InChI is InChI=1S/C23H25N3OS/c27-22(19-16-28-23-7-2-1-4-17(19)23)9-11-25-12-14-26(15-13-25)21-6-3-5-20-18(21)8-10-24-20/h1-8,10,16,22,24,27H,9,11-15H2. The molecule has 2 aromatic heterocycles. The second kappa shape index (κ2) is 7.59. The number of aromatic amines is 1. The number of rotatable bonds is 5. The van der Waals surface area contributed by atoms with Crippen molar-refractivity contribution in [3.05, 3.63) is 65.7 Å². The number of piperazine rings is 1. The van der Waals surface area contributed by atoms with Crippen LogP contribution in [-0.2, 0) is 0 Å². The van der Waals surface area contributed by atoms with Crippen LogP contribution in [0.4, 0.5) is 5.69 Å². The highest BCUT2D eigenvalue weighted by atomic mass is 32.1. The third kappa shape index (κ3) is 3.30. The van der Waals surface area contributed by atoms with Gasteiger partial charge in [-0.25, -0.2) is 0 Å². The minimum atomic E-state index is -0.386. The van der Waals surface area contributed by atoms with E-state index < -0.39 is 0 Å². The summed E-state index contributed by atoms with van der Waals surface area (Å²) in [4.78, 5) is 8.26. The molecule has 1 unspecified atom stereocenters. The summed E-state index contributed by atoms with van der Waals surface area (Å²) < 4.78 is 1.25. The van der Waals surface area contributed by atoms with E-state index in [2.05, 4.69) is 68.7 Å². The van der Waals surface area contributed by atoms with Crippen LogP contribution in [0.5, 0.6) is 0 Å². The molecule has 0 spiro atoms. The van der Waals surface area contributed by atoms with Crippen LogP contribution in [0.2, 0.25) is 0 Å². The Hall–Kier alpha value is -2.34. The van der Waals surface area contributed by atoms with Crippen LogP contribution in [0.1, 0.15) is 18.1 Å². The van der Waals surface area contributed by atoms with Crippen molar-refractivity contribution in [2.75, 3.05) is 37.6 Å². The number of aliphatic hydroxyl groups excluding tert-OH is 1. The van der Waals surface area contributed by atoms with E-state index in [9.17, 15) is 5.11 Å². The maximum atomic E-state index is 10.7. The van der Waals surface area contributed by atoms with E-state index >= 15 is 0 Å². The number of anilines is 1. The number of hydrogen-bond donors (Lipinski definition) is 2. The molecule has 3 heterocycles. The Labute approximate surface area is 169 Å². The van der Waals surface area contributed by atoms with Gasteiger partial charge in [-0.2, -0.15) is 0 Å². The SMILES string of the molecule is OC(CCN1CCN(c2cccc3[nH]ccc23)CC1)c1csc2ccccc12. The average Bonchev–Trinajstić information content (AvgIpc) is 3.39. The van der Waals surface area contributed by atoms with Gasteiger partial charge < -0.3 is 15.0 Å².